The first-order valence-electron chi connectivity index (χ1n) is 5.72. The van der Waals surface area contributed by atoms with Gasteiger partial charge >= 0.3 is 0 Å². The average molecular weight is 228 g/mol. The molecule has 0 spiro atoms. The maximum Gasteiger partial charge on any atom is 0.127 e. The zero-order chi connectivity index (χ0) is 12.4. The Bertz CT molecular complexity index is 529. The summed E-state index contributed by atoms with van der Waals surface area (Å²) >= 11 is 0. The molecule has 0 radical (unpaired) electrons. The van der Waals surface area contributed by atoms with Gasteiger partial charge in [0.05, 0.1) is 11.4 Å². The molecule has 0 aliphatic heterocycles. The van der Waals surface area contributed by atoms with E-state index in [1.807, 2.05) is 55.8 Å². The third-order valence-corrected chi connectivity index (χ3v) is 3.01. The van der Waals surface area contributed by atoms with Gasteiger partial charge in [-0.05, 0) is 26.0 Å². The van der Waals surface area contributed by atoms with Crippen LogP contribution in [0.2, 0.25) is 0 Å². The summed E-state index contributed by atoms with van der Waals surface area (Å²) in [4.78, 5) is 10.9. The van der Waals surface area contributed by atoms with Crippen molar-refractivity contribution in [3.8, 4) is 5.69 Å². The lowest BCUT2D eigenvalue weighted by molar-refractivity contribution is -0.108. The number of hydrogen-bond acceptors (Lipinski definition) is 2. The minimum atomic E-state index is -0.104. The molecule has 88 valence electrons. The van der Waals surface area contributed by atoms with Crippen LogP contribution in [-0.4, -0.2) is 16.1 Å². The topological polar surface area (TPSA) is 34.9 Å². The van der Waals surface area contributed by atoms with E-state index in [4.69, 9.17) is 0 Å². The molecule has 2 rings (SSSR count). The molecule has 1 aromatic carbocycles. The van der Waals surface area contributed by atoms with Crippen LogP contribution < -0.4 is 0 Å². The van der Waals surface area contributed by atoms with Gasteiger partial charge in [0, 0.05) is 17.2 Å². The first-order valence-corrected chi connectivity index (χ1v) is 5.72. The van der Waals surface area contributed by atoms with Crippen molar-refractivity contribution in [2.24, 2.45) is 0 Å². The molecule has 0 N–H and O–H groups in total. The third-order valence-electron chi connectivity index (χ3n) is 3.01. The minimum Gasteiger partial charge on any atom is -0.303 e. The highest BCUT2D eigenvalue weighted by atomic mass is 16.1. The molecular weight excluding hydrogens is 212 g/mol. The summed E-state index contributed by atoms with van der Waals surface area (Å²) in [5.74, 6) is -0.104. The van der Waals surface area contributed by atoms with Crippen LogP contribution >= 0.6 is 0 Å². The number of para-hydroxylation sites is 1. The summed E-state index contributed by atoms with van der Waals surface area (Å²) in [5.41, 5.74) is 4.01. The van der Waals surface area contributed by atoms with E-state index in [1.165, 1.54) is 0 Å². The summed E-state index contributed by atoms with van der Waals surface area (Å²) < 4.78 is 1.89. The van der Waals surface area contributed by atoms with Gasteiger partial charge in [0.25, 0.3) is 0 Å². The van der Waals surface area contributed by atoms with Crippen molar-refractivity contribution in [3.05, 3.63) is 47.3 Å². The largest absolute Gasteiger partial charge is 0.303 e. The monoisotopic (exact) mass is 228 g/mol. The van der Waals surface area contributed by atoms with Crippen LogP contribution in [0.4, 0.5) is 0 Å². The van der Waals surface area contributed by atoms with E-state index in [9.17, 15) is 4.79 Å². The van der Waals surface area contributed by atoms with Crippen molar-refractivity contribution < 1.29 is 4.79 Å². The molecule has 17 heavy (non-hydrogen) atoms. The summed E-state index contributed by atoms with van der Waals surface area (Å²) in [5, 5.41) is 4.51. The van der Waals surface area contributed by atoms with Gasteiger partial charge in [-0.15, -0.1) is 0 Å². The van der Waals surface area contributed by atoms with Crippen LogP contribution in [0.5, 0.6) is 0 Å². The molecule has 0 aliphatic rings. The number of aldehydes is 1. The van der Waals surface area contributed by atoms with Gasteiger partial charge in [-0.2, -0.15) is 5.10 Å². The molecule has 0 bridgehead atoms. The molecule has 1 aromatic heterocycles. The average Bonchev–Trinajstić information content (AvgIpc) is 2.65. The number of benzene rings is 1. The van der Waals surface area contributed by atoms with Gasteiger partial charge in [-0.25, -0.2) is 4.68 Å². The second-order valence-electron chi connectivity index (χ2n) is 4.26. The number of carbonyl (C=O) groups is 1. The van der Waals surface area contributed by atoms with Gasteiger partial charge in [-0.3, -0.25) is 0 Å². The maximum atomic E-state index is 10.9. The Morgan fingerprint density at radius 3 is 2.47 bits per heavy atom. The predicted molar refractivity (Wildman–Crippen MR) is 67.5 cm³/mol. The fraction of sp³-hybridized carbons (Fsp3) is 0.286. The smallest absolute Gasteiger partial charge is 0.127 e. The van der Waals surface area contributed by atoms with Crippen molar-refractivity contribution in [3.63, 3.8) is 0 Å². The lowest BCUT2D eigenvalue weighted by Gasteiger charge is -2.06. The zero-order valence-electron chi connectivity index (χ0n) is 10.3. The van der Waals surface area contributed by atoms with Crippen LogP contribution in [0.25, 0.3) is 5.69 Å². The molecule has 1 unspecified atom stereocenters. The van der Waals surface area contributed by atoms with E-state index in [1.54, 1.807) is 0 Å². The minimum absolute atomic E-state index is 0.104. The Labute approximate surface area is 101 Å². The van der Waals surface area contributed by atoms with Crippen molar-refractivity contribution in [2.75, 3.05) is 0 Å². The molecule has 1 atom stereocenters. The van der Waals surface area contributed by atoms with E-state index >= 15 is 0 Å². The predicted octanol–water partition coefficient (Wildman–Crippen LogP) is 2.79. The van der Waals surface area contributed by atoms with Crippen LogP contribution in [0.15, 0.2) is 30.3 Å². The van der Waals surface area contributed by atoms with Crippen molar-refractivity contribution in [2.45, 2.75) is 26.7 Å². The van der Waals surface area contributed by atoms with E-state index in [0.29, 0.717) is 0 Å². The second-order valence-corrected chi connectivity index (χ2v) is 4.26. The van der Waals surface area contributed by atoms with Gasteiger partial charge in [0.1, 0.15) is 6.29 Å². The Morgan fingerprint density at radius 2 is 1.88 bits per heavy atom. The lowest BCUT2D eigenvalue weighted by atomic mass is 10.0. The first kappa shape index (κ1) is 11.6. The third kappa shape index (κ3) is 2.00. The second kappa shape index (κ2) is 4.53. The summed E-state index contributed by atoms with van der Waals surface area (Å²) in [6.07, 6.45) is 0.965. The summed E-state index contributed by atoms with van der Waals surface area (Å²) in [7, 11) is 0. The standard InChI is InChI=1S/C14H16N2O/c1-10(9-17)14-11(2)15-16(12(14)3)13-7-5-4-6-8-13/h4-10H,1-3H3. The van der Waals surface area contributed by atoms with Gasteiger partial charge in [0.2, 0.25) is 0 Å². The molecule has 0 saturated heterocycles. The molecular formula is C14H16N2O. The molecule has 2 aromatic rings. The number of hydrogen-bond donors (Lipinski definition) is 0. The number of carbonyl (C=O) groups excluding carboxylic acids is 1. The highest BCUT2D eigenvalue weighted by molar-refractivity contribution is 5.63. The molecule has 3 heteroatoms. The van der Waals surface area contributed by atoms with Crippen LogP contribution in [0, 0.1) is 13.8 Å². The number of aryl methyl sites for hydroxylation is 1. The molecule has 3 nitrogen and oxygen atoms in total. The normalized spacial score (nSPS) is 12.4. The Morgan fingerprint density at radius 1 is 1.24 bits per heavy atom. The SMILES string of the molecule is Cc1nn(-c2ccccc2)c(C)c1C(C)C=O. The van der Waals surface area contributed by atoms with Crippen molar-refractivity contribution in [1.29, 1.82) is 0 Å². The lowest BCUT2D eigenvalue weighted by Crippen LogP contribution is -2.01. The van der Waals surface area contributed by atoms with Crippen LogP contribution in [0.1, 0.15) is 29.8 Å². The zero-order valence-corrected chi connectivity index (χ0v) is 10.3. The Kier molecular flexibility index (Phi) is 3.09. The van der Waals surface area contributed by atoms with E-state index < -0.39 is 0 Å². The molecule has 0 fully saturated rings. The quantitative estimate of drug-likeness (QED) is 0.757. The summed E-state index contributed by atoms with van der Waals surface area (Å²) in [6, 6.07) is 9.96. The van der Waals surface area contributed by atoms with Gasteiger partial charge < -0.3 is 4.79 Å². The molecule has 0 saturated carbocycles. The highest BCUT2D eigenvalue weighted by Crippen LogP contribution is 2.23. The maximum absolute atomic E-state index is 10.9. The van der Waals surface area contributed by atoms with Crippen LogP contribution in [0.3, 0.4) is 0 Å². The van der Waals surface area contributed by atoms with Gasteiger partial charge in [0.15, 0.2) is 0 Å². The number of nitrogens with zero attached hydrogens (tertiary/aromatic N) is 2. The van der Waals surface area contributed by atoms with E-state index in [0.717, 1.165) is 28.9 Å². The number of aromatic nitrogens is 2. The van der Waals surface area contributed by atoms with E-state index in [-0.39, 0.29) is 5.92 Å². The molecule has 1 heterocycles. The first-order chi connectivity index (χ1) is 8.15. The van der Waals surface area contributed by atoms with Crippen molar-refractivity contribution in [1.82, 2.24) is 9.78 Å². The van der Waals surface area contributed by atoms with E-state index in [2.05, 4.69) is 5.10 Å². The molecule has 0 aliphatic carbocycles. The van der Waals surface area contributed by atoms with Crippen LogP contribution in [-0.2, 0) is 4.79 Å². The fourth-order valence-electron chi connectivity index (χ4n) is 2.20. The highest BCUT2D eigenvalue weighted by Gasteiger charge is 2.17. The molecule has 0 amide bonds. The Balaban J connectivity index is 2.55. The number of rotatable bonds is 3. The summed E-state index contributed by atoms with van der Waals surface area (Å²) in [6.45, 7) is 5.85. The van der Waals surface area contributed by atoms with Crippen molar-refractivity contribution >= 4 is 6.29 Å². The van der Waals surface area contributed by atoms with Gasteiger partial charge in [-0.1, -0.05) is 25.1 Å². The Hall–Kier alpha value is -1.90. The fourth-order valence-corrected chi connectivity index (χ4v) is 2.20.